The van der Waals surface area contributed by atoms with E-state index >= 15 is 0 Å². The molecular weight excluding hydrogens is 290 g/mol. The molecule has 0 spiro atoms. The molecule has 6 nitrogen and oxygen atoms in total. The van der Waals surface area contributed by atoms with Gasteiger partial charge >= 0.3 is 0 Å². The number of anilines is 3. The number of aromatic nitrogens is 3. The van der Waals surface area contributed by atoms with E-state index in [0.29, 0.717) is 11.8 Å². The minimum atomic E-state index is 0.519. The van der Waals surface area contributed by atoms with E-state index < -0.39 is 0 Å². The van der Waals surface area contributed by atoms with Gasteiger partial charge in [-0.3, -0.25) is 4.98 Å². The van der Waals surface area contributed by atoms with Crippen molar-refractivity contribution in [2.45, 2.75) is 0 Å². The molecule has 2 heterocycles. The Balaban J connectivity index is 1.99. The Morgan fingerprint density at radius 2 is 1.78 bits per heavy atom. The highest BCUT2D eigenvalue weighted by Crippen LogP contribution is 2.28. The summed E-state index contributed by atoms with van der Waals surface area (Å²) in [5, 5.41) is 6.24. The number of hydrogen-bond donors (Lipinski definition) is 2. The molecule has 23 heavy (non-hydrogen) atoms. The second kappa shape index (κ2) is 6.74. The van der Waals surface area contributed by atoms with Crippen LogP contribution >= 0.6 is 0 Å². The van der Waals surface area contributed by atoms with Crippen LogP contribution < -0.4 is 15.4 Å². The SMILES string of the molecule is CNc1nc(Nc2ccccc2OC)cc(-c2ccccn2)n1. The topological polar surface area (TPSA) is 72.0 Å². The fourth-order valence-electron chi connectivity index (χ4n) is 2.15. The molecule has 0 saturated heterocycles. The number of para-hydroxylation sites is 2. The average molecular weight is 307 g/mol. The van der Waals surface area contributed by atoms with Gasteiger partial charge in [-0.1, -0.05) is 18.2 Å². The van der Waals surface area contributed by atoms with Crippen molar-refractivity contribution in [3.63, 3.8) is 0 Å². The van der Waals surface area contributed by atoms with Crippen molar-refractivity contribution in [1.29, 1.82) is 0 Å². The third-order valence-corrected chi connectivity index (χ3v) is 3.25. The highest BCUT2D eigenvalue weighted by atomic mass is 16.5. The fraction of sp³-hybridized carbons (Fsp3) is 0.118. The molecule has 0 bridgehead atoms. The van der Waals surface area contributed by atoms with Crippen molar-refractivity contribution in [1.82, 2.24) is 15.0 Å². The highest BCUT2D eigenvalue weighted by Gasteiger charge is 2.09. The van der Waals surface area contributed by atoms with Crippen molar-refractivity contribution in [3.05, 3.63) is 54.7 Å². The number of ether oxygens (including phenoxy) is 1. The first-order valence-electron chi connectivity index (χ1n) is 7.18. The van der Waals surface area contributed by atoms with E-state index in [-0.39, 0.29) is 0 Å². The third-order valence-electron chi connectivity index (χ3n) is 3.25. The molecule has 116 valence electrons. The molecule has 2 N–H and O–H groups in total. The molecular formula is C17H17N5O. The molecule has 6 heteroatoms. The zero-order valence-corrected chi connectivity index (χ0v) is 12.9. The monoisotopic (exact) mass is 307 g/mol. The van der Waals surface area contributed by atoms with Gasteiger partial charge in [0.1, 0.15) is 11.6 Å². The lowest BCUT2D eigenvalue weighted by atomic mass is 10.2. The average Bonchev–Trinajstić information content (AvgIpc) is 2.62. The van der Waals surface area contributed by atoms with Crippen molar-refractivity contribution in [2.75, 3.05) is 24.8 Å². The summed E-state index contributed by atoms with van der Waals surface area (Å²) in [7, 11) is 3.42. The van der Waals surface area contributed by atoms with Crippen molar-refractivity contribution >= 4 is 17.5 Å². The van der Waals surface area contributed by atoms with Crippen LogP contribution in [0.5, 0.6) is 5.75 Å². The van der Waals surface area contributed by atoms with Gasteiger partial charge in [0, 0.05) is 19.3 Å². The minimum Gasteiger partial charge on any atom is -0.495 e. The Hall–Kier alpha value is -3.15. The number of hydrogen-bond acceptors (Lipinski definition) is 6. The summed E-state index contributed by atoms with van der Waals surface area (Å²) in [6, 6.07) is 15.2. The van der Waals surface area contributed by atoms with Crippen LogP contribution in [0.25, 0.3) is 11.4 Å². The molecule has 2 aromatic heterocycles. The molecule has 0 saturated carbocycles. The predicted molar refractivity (Wildman–Crippen MR) is 91.1 cm³/mol. The maximum absolute atomic E-state index is 5.36. The standard InChI is InChI=1S/C17H17N5O/c1-18-17-21-14(12-7-5-6-10-19-12)11-16(22-17)20-13-8-3-4-9-15(13)23-2/h3-11H,1-2H3,(H2,18,20,21,22). The Kier molecular flexibility index (Phi) is 4.33. The molecule has 0 fully saturated rings. The summed E-state index contributed by atoms with van der Waals surface area (Å²) in [5.41, 5.74) is 2.36. The molecule has 0 aliphatic rings. The van der Waals surface area contributed by atoms with Gasteiger partial charge in [0.05, 0.1) is 24.2 Å². The normalized spacial score (nSPS) is 10.2. The molecule has 0 aliphatic heterocycles. The van der Waals surface area contributed by atoms with E-state index in [4.69, 9.17) is 4.74 Å². The van der Waals surface area contributed by atoms with Crippen LogP contribution in [0.2, 0.25) is 0 Å². The largest absolute Gasteiger partial charge is 0.495 e. The first-order valence-corrected chi connectivity index (χ1v) is 7.18. The Bertz CT molecular complexity index is 792. The number of nitrogens with zero attached hydrogens (tertiary/aromatic N) is 3. The fourth-order valence-corrected chi connectivity index (χ4v) is 2.15. The summed E-state index contributed by atoms with van der Waals surface area (Å²) in [5.74, 6) is 1.93. The predicted octanol–water partition coefficient (Wildman–Crippen LogP) is 3.33. The van der Waals surface area contributed by atoms with Crippen molar-refractivity contribution < 1.29 is 4.74 Å². The van der Waals surface area contributed by atoms with Crippen molar-refractivity contribution in [3.8, 4) is 17.1 Å². The number of methoxy groups -OCH3 is 1. The van der Waals surface area contributed by atoms with Gasteiger partial charge in [0.15, 0.2) is 0 Å². The summed E-state index contributed by atoms with van der Waals surface area (Å²) in [6.07, 6.45) is 1.74. The number of pyridine rings is 1. The van der Waals surface area contributed by atoms with Gasteiger partial charge in [0.25, 0.3) is 0 Å². The quantitative estimate of drug-likeness (QED) is 0.753. The summed E-state index contributed by atoms with van der Waals surface area (Å²) < 4.78 is 5.36. The minimum absolute atomic E-state index is 0.519. The third kappa shape index (κ3) is 3.37. The van der Waals surface area contributed by atoms with Crippen LogP contribution in [0.15, 0.2) is 54.7 Å². The van der Waals surface area contributed by atoms with Crippen LogP contribution in [0.3, 0.4) is 0 Å². The van der Waals surface area contributed by atoms with Crippen molar-refractivity contribution in [2.24, 2.45) is 0 Å². The number of rotatable bonds is 5. The van der Waals surface area contributed by atoms with E-state index in [1.807, 2.05) is 48.5 Å². The second-order valence-electron chi connectivity index (χ2n) is 4.75. The van der Waals surface area contributed by atoms with Crippen LogP contribution in [0, 0.1) is 0 Å². The summed E-state index contributed by atoms with van der Waals surface area (Å²) in [4.78, 5) is 13.2. The van der Waals surface area contributed by atoms with E-state index in [9.17, 15) is 0 Å². The van der Waals surface area contributed by atoms with E-state index in [1.165, 1.54) is 0 Å². The highest BCUT2D eigenvalue weighted by molar-refractivity contribution is 5.68. The maximum atomic E-state index is 5.36. The zero-order valence-electron chi connectivity index (χ0n) is 12.9. The lowest BCUT2D eigenvalue weighted by molar-refractivity contribution is 0.417. The van der Waals surface area contributed by atoms with Gasteiger partial charge in [0.2, 0.25) is 5.95 Å². The molecule has 0 aliphatic carbocycles. The van der Waals surface area contributed by atoms with Crippen LogP contribution in [0.4, 0.5) is 17.5 Å². The molecule has 0 unspecified atom stereocenters. The van der Waals surface area contributed by atoms with Gasteiger partial charge in [-0.05, 0) is 24.3 Å². The molecule has 1 aromatic carbocycles. The molecule has 0 radical (unpaired) electrons. The molecule has 3 rings (SSSR count). The lowest BCUT2D eigenvalue weighted by Gasteiger charge is -2.12. The molecule has 0 amide bonds. The van der Waals surface area contributed by atoms with Gasteiger partial charge in [-0.15, -0.1) is 0 Å². The maximum Gasteiger partial charge on any atom is 0.225 e. The summed E-state index contributed by atoms with van der Waals surface area (Å²) in [6.45, 7) is 0. The van der Waals surface area contributed by atoms with Gasteiger partial charge < -0.3 is 15.4 Å². The van der Waals surface area contributed by atoms with Crippen LogP contribution in [0.1, 0.15) is 0 Å². The molecule has 0 atom stereocenters. The zero-order chi connectivity index (χ0) is 16.1. The van der Waals surface area contributed by atoms with Crippen LogP contribution in [-0.4, -0.2) is 29.1 Å². The second-order valence-corrected chi connectivity index (χ2v) is 4.75. The smallest absolute Gasteiger partial charge is 0.225 e. The summed E-state index contributed by atoms with van der Waals surface area (Å²) >= 11 is 0. The lowest BCUT2D eigenvalue weighted by Crippen LogP contribution is -2.03. The first-order chi connectivity index (χ1) is 11.3. The molecule has 3 aromatic rings. The Labute approximate surface area is 134 Å². The Morgan fingerprint density at radius 1 is 0.957 bits per heavy atom. The first kappa shape index (κ1) is 14.8. The van der Waals surface area contributed by atoms with Gasteiger partial charge in [-0.2, -0.15) is 4.98 Å². The number of nitrogens with one attached hydrogen (secondary N) is 2. The Morgan fingerprint density at radius 3 is 2.52 bits per heavy atom. The van der Waals surface area contributed by atoms with E-state index in [2.05, 4.69) is 25.6 Å². The van der Waals surface area contributed by atoms with Crippen LogP contribution in [-0.2, 0) is 0 Å². The van der Waals surface area contributed by atoms with E-state index in [0.717, 1.165) is 22.8 Å². The van der Waals surface area contributed by atoms with E-state index in [1.54, 1.807) is 20.4 Å². The number of benzene rings is 1. The van der Waals surface area contributed by atoms with Gasteiger partial charge in [-0.25, -0.2) is 4.98 Å².